The van der Waals surface area contributed by atoms with Crippen LogP contribution in [0.3, 0.4) is 0 Å². The first-order chi connectivity index (χ1) is 9.99. The molecule has 0 radical (unpaired) electrons. The Balaban J connectivity index is 2.19. The Labute approximate surface area is 118 Å². The average Bonchev–Trinajstić information content (AvgIpc) is 2.99. The van der Waals surface area contributed by atoms with Gasteiger partial charge in [-0.15, -0.1) is 10.2 Å². The predicted molar refractivity (Wildman–Crippen MR) is 74.3 cm³/mol. The molecule has 0 saturated heterocycles. The van der Waals surface area contributed by atoms with Crippen LogP contribution in [0.15, 0.2) is 29.3 Å². The first-order valence-corrected chi connectivity index (χ1v) is 6.30. The van der Waals surface area contributed by atoms with Crippen LogP contribution >= 0.6 is 0 Å². The van der Waals surface area contributed by atoms with Gasteiger partial charge in [-0.3, -0.25) is 4.57 Å². The number of aromatic amines is 1. The molecule has 0 aliphatic heterocycles. The van der Waals surface area contributed by atoms with Crippen molar-refractivity contribution in [2.24, 2.45) is 7.05 Å². The number of aryl methyl sites for hydroxylation is 1. The van der Waals surface area contributed by atoms with Crippen molar-refractivity contribution in [3.8, 4) is 0 Å². The maximum absolute atomic E-state index is 12.2. The topological polar surface area (TPSA) is 106 Å². The monoisotopic (exact) mass is 287 g/mol. The lowest BCUT2D eigenvalue weighted by molar-refractivity contribution is 0.0697. The van der Waals surface area contributed by atoms with Crippen molar-refractivity contribution in [3.05, 3.63) is 46.4 Å². The van der Waals surface area contributed by atoms with Crippen LogP contribution in [0.1, 0.15) is 29.1 Å². The van der Waals surface area contributed by atoms with E-state index in [1.54, 1.807) is 24.0 Å². The Morgan fingerprint density at radius 1 is 1.43 bits per heavy atom. The fourth-order valence-electron chi connectivity index (χ4n) is 2.43. The molecular formula is C13H13N5O3. The van der Waals surface area contributed by atoms with E-state index in [1.807, 2.05) is 6.92 Å². The zero-order chi connectivity index (χ0) is 15.1. The van der Waals surface area contributed by atoms with Gasteiger partial charge in [0.2, 0.25) is 0 Å². The van der Waals surface area contributed by atoms with Crippen molar-refractivity contribution in [2.75, 3.05) is 0 Å². The van der Waals surface area contributed by atoms with Crippen LogP contribution in [-0.2, 0) is 7.05 Å². The van der Waals surface area contributed by atoms with E-state index in [0.29, 0.717) is 16.9 Å². The van der Waals surface area contributed by atoms with E-state index in [0.717, 1.165) is 0 Å². The fraction of sp³-hybridized carbons (Fsp3) is 0.231. The van der Waals surface area contributed by atoms with Gasteiger partial charge in [-0.05, 0) is 25.1 Å². The highest BCUT2D eigenvalue weighted by Gasteiger charge is 2.19. The quantitative estimate of drug-likeness (QED) is 0.740. The van der Waals surface area contributed by atoms with Gasteiger partial charge in [0.15, 0.2) is 5.82 Å². The van der Waals surface area contributed by atoms with Crippen LogP contribution in [0.5, 0.6) is 0 Å². The van der Waals surface area contributed by atoms with Gasteiger partial charge in [-0.2, -0.15) is 0 Å². The van der Waals surface area contributed by atoms with E-state index in [1.165, 1.54) is 16.7 Å². The SMILES string of the molecule is CC(c1nncn1C)n1c(=O)[nH]c2cc(C(=O)O)ccc21. The average molecular weight is 287 g/mol. The maximum Gasteiger partial charge on any atom is 0.335 e. The van der Waals surface area contributed by atoms with Gasteiger partial charge < -0.3 is 14.7 Å². The van der Waals surface area contributed by atoms with Gasteiger partial charge in [0.1, 0.15) is 6.33 Å². The molecule has 0 spiro atoms. The molecule has 0 bridgehead atoms. The summed E-state index contributed by atoms with van der Waals surface area (Å²) in [5.41, 5.74) is 0.916. The van der Waals surface area contributed by atoms with Crippen molar-refractivity contribution in [2.45, 2.75) is 13.0 Å². The highest BCUT2D eigenvalue weighted by atomic mass is 16.4. The first kappa shape index (κ1) is 13.1. The molecule has 21 heavy (non-hydrogen) atoms. The van der Waals surface area contributed by atoms with Gasteiger partial charge in [0, 0.05) is 7.05 Å². The molecule has 8 nitrogen and oxygen atoms in total. The third-order valence-electron chi connectivity index (χ3n) is 3.47. The molecular weight excluding hydrogens is 274 g/mol. The van der Waals surface area contributed by atoms with E-state index in [9.17, 15) is 9.59 Å². The Kier molecular flexibility index (Phi) is 2.86. The number of H-pyrrole nitrogens is 1. The van der Waals surface area contributed by atoms with Gasteiger partial charge in [-0.25, -0.2) is 9.59 Å². The molecule has 8 heteroatoms. The zero-order valence-corrected chi connectivity index (χ0v) is 11.4. The maximum atomic E-state index is 12.2. The number of hydrogen-bond donors (Lipinski definition) is 2. The Morgan fingerprint density at radius 2 is 2.19 bits per heavy atom. The third-order valence-corrected chi connectivity index (χ3v) is 3.47. The number of carboxylic acids is 1. The number of carboxylic acid groups (broad SMARTS) is 1. The summed E-state index contributed by atoms with van der Waals surface area (Å²) in [5.74, 6) is -0.396. The van der Waals surface area contributed by atoms with Crippen molar-refractivity contribution < 1.29 is 9.90 Å². The van der Waals surface area contributed by atoms with Crippen molar-refractivity contribution in [1.82, 2.24) is 24.3 Å². The van der Waals surface area contributed by atoms with E-state index in [2.05, 4.69) is 15.2 Å². The van der Waals surface area contributed by atoms with E-state index in [-0.39, 0.29) is 17.3 Å². The smallest absolute Gasteiger partial charge is 0.335 e. The van der Waals surface area contributed by atoms with Crippen molar-refractivity contribution in [1.29, 1.82) is 0 Å². The standard InChI is InChI=1S/C13H13N5O3/c1-7(11-16-14-6-17(11)2)18-10-4-3-8(12(19)20)5-9(10)15-13(18)21/h3-7H,1-2H3,(H,15,21)(H,19,20). The number of aromatic carboxylic acids is 1. The van der Waals surface area contributed by atoms with Gasteiger partial charge in [-0.1, -0.05) is 0 Å². The molecule has 108 valence electrons. The van der Waals surface area contributed by atoms with E-state index < -0.39 is 5.97 Å². The summed E-state index contributed by atoms with van der Waals surface area (Å²) in [6, 6.07) is 4.20. The molecule has 0 aliphatic carbocycles. The number of nitrogens with one attached hydrogen (secondary N) is 1. The summed E-state index contributed by atoms with van der Waals surface area (Å²) in [6.07, 6.45) is 1.56. The minimum absolute atomic E-state index is 0.127. The number of nitrogens with zero attached hydrogens (tertiary/aromatic N) is 4. The fourth-order valence-corrected chi connectivity index (χ4v) is 2.43. The number of carbonyl (C=O) groups is 1. The minimum Gasteiger partial charge on any atom is -0.478 e. The number of fused-ring (bicyclic) bond motifs is 1. The van der Waals surface area contributed by atoms with Crippen LogP contribution in [0.4, 0.5) is 0 Å². The molecule has 3 rings (SSSR count). The lowest BCUT2D eigenvalue weighted by Gasteiger charge is -2.12. The number of rotatable bonds is 3. The lowest BCUT2D eigenvalue weighted by atomic mass is 10.2. The van der Waals surface area contributed by atoms with Crippen molar-refractivity contribution in [3.63, 3.8) is 0 Å². The number of benzene rings is 1. The molecule has 2 N–H and O–H groups in total. The van der Waals surface area contributed by atoms with E-state index >= 15 is 0 Å². The van der Waals surface area contributed by atoms with Gasteiger partial charge >= 0.3 is 11.7 Å². The van der Waals surface area contributed by atoms with Crippen LogP contribution < -0.4 is 5.69 Å². The second-order valence-corrected chi connectivity index (χ2v) is 4.81. The lowest BCUT2D eigenvalue weighted by Crippen LogP contribution is -2.23. The van der Waals surface area contributed by atoms with Crippen LogP contribution in [0, 0.1) is 0 Å². The van der Waals surface area contributed by atoms with Crippen molar-refractivity contribution >= 4 is 17.0 Å². The summed E-state index contributed by atoms with van der Waals surface area (Å²) in [7, 11) is 1.80. The Morgan fingerprint density at radius 3 is 2.81 bits per heavy atom. The second kappa shape index (κ2) is 4.58. The highest BCUT2D eigenvalue weighted by Crippen LogP contribution is 2.20. The first-order valence-electron chi connectivity index (χ1n) is 6.30. The summed E-state index contributed by atoms with van der Waals surface area (Å²) in [4.78, 5) is 25.8. The number of aromatic nitrogens is 5. The molecule has 1 atom stereocenters. The minimum atomic E-state index is -1.04. The highest BCUT2D eigenvalue weighted by molar-refractivity contribution is 5.92. The largest absolute Gasteiger partial charge is 0.478 e. The molecule has 2 aromatic heterocycles. The molecule has 1 unspecified atom stereocenters. The van der Waals surface area contributed by atoms with Crippen LogP contribution in [0.25, 0.3) is 11.0 Å². The molecule has 0 fully saturated rings. The van der Waals surface area contributed by atoms with Crippen LogP contribution in [-0.4, -0.2) is 35.4 Å². The summed E-state index contributed by atoms with van der Waals surface area (Å²) in [6.45, 7) is 1.84. The number of imidazole rings is 1. The van der Waals surface area contributed by atoms with Crippen LogP contribution in [0.2, 0.25) is 0 Å². The normalized spacial score (nSPS) is 12.7. The molecule has 3 aromatic rings. The Hall–Kier alpha value is -2.90. The third kappa shape index (κ3) is 2.00. The second-order valence-electron chi connectivity index (χ2n) is 4.81. The summed E-state index contributed by atoms with van der Waals surface area (Å²) < 4.78 is 3.27. The molecule has 0 aliphatic rings. The van der Waals surface area contributed by atoms with E-state index in [4.69, 9.17) is 5.11 Å². The zero-order valence-electron chi connectivity index (χ0n) is 11.4. The Bertz CT molecular complexity index is 889. The van der Waals surface area contributed by atoms with Gasteiger partial charge in [0.25, 0.3) is 0 Å². The molecule has 2 heterocycles. The van der Waals surface area contributed by atoms with Gasteiger partial charge in [0.05, 0.1) is 22.6 Å². The molecule has 1 aromatic carbocycles. The summed E-state index contributed by atoms with van der Waals surface area (Å²) >= 11 is 0. The molecule has 0 saturated carbocycles. The molecule has 0 amide bonds. The summed E-state index contributed by atoms with van der Waals surface area (Å²) in [5, 5.41) is 16.8. The number of hydrogen-bond acceptors (Lipinski definition) is 4. The predicted octanol–water partition coefficient (Wildman–Crippen LogP) is 0.766.